The minimum absolute atomic E-state index is 0.0868. The second-order valence-corrected chi connectivity index (χ2v) is 6.07. The van der Waals surface area contributed by atoms with Crippen molar-refractivity contribution in [3.8, 4) is 5.75 Å². The van der Waals surface area contributed by atoms with E-state index in [0.29, 0.717) is 18.8 Å². The third-order valence-corrected chi connectivity index (χ3v) is 4.21. The summed E-state index contributed by atoms with van der Waals surface area (Å²) in [6.07, 6.45) is 2.11. The Balaban J connectivity index is 1.82. The maximum Gasteiger partial charge on any atom is 0.274 e. The van der Waals surface area contributed by atoms with Crippen molar-refractivity contribution >= 4 is 5.91 Å². The first-order chi connectivity index (χ1) is 11.7. The Morgan fingerprint density at radius 3 is 2.96 bits per heavy atom. The summed E-state index contributed by atoms with van der Waals surface area (Å²) in [7, 11) is 1.64. The summed E-state index contributed by atoms with van der Waals surface area (Å²) in [4.78, 5) is 14.7. The maximum atomic E-state index is 12.9. The van der Waals surface area contributed by atoms with E-state index in [1.54, 1.807) is 18.1 Å². The first-order valence-electron chi connectivity index (χ1n) is 8.22. The van der Waals surface area contributed by atoms with E-state index in [0.717, 1.165) is 36.5 Å². The molecule has 1 aliphatic rings. The van der Waals surface area contributed by atoms with E-state index >= 15 is 0 Å². The van der Waals surface area contributed by atoms with E-state index in [1.165, 1.54) is 0 Å². The largest absolute Gasteiger partial charge is 0.496 e. The van der Waals surface area contributed by atoms with Crippen molar-refractivity contribution in [3.63, 3.8) is 0 Å². The second-order valence-electron chi connectivity index (χ2n) is 6.07. The van der Waals surface area contributed by atoms with Gasteiger partial charge in [-0.05, 0) is 31.9 Å². The summed E-state index contributed by atoms with van der Waals surface area (Å²) in [6, 6.07) is 9.52. The summed E-state index contributed by atoms with van der Waals surface area (Å²) >= 11 is 0. The summed E-state index contributed by atoms with van der Waals surface area (Å²) in [5, 5.41) is 6.94. The van der Waals surface area contributed by atoms with Crippen LogP contribution in [0.25, 0.3) is 0 Å². The number of ether oxygens (including phenoxy) is 2. The molecule has 24 heavy (non-hydrogen) atoms. The Bertz CT molecular complexity index is 692. The molecule has 1 fully saturated rings. The number of carbonyl (C=O) groups is 1. The van der Waals surface area contributed by atoms with E-state index in [9.17, 15) is 4.79 Å². The number of benzene rings is 1. The highest BCUT2D eigenvalue weighted by molar-refractivity contribution is 5.92. The molecule has 2 aromatic rings. The first kappa shape index (κ1) is 16.5. The molecule has 0 unspecified atom stereocenters. The monoisotopic (exact) mass is 329 g/mol. The van der Waals surface area contributed by atoms with Crippen molar-refractivity contribution in [2.45, 2.75) is 32.4 Å². The highest BCUT2D eigenvalue weighted by Crippen LogP contribution is 2.22. The van der Waals surface area contributed by atoms with Crippen molar-refractivity contribution in [2.24, 2.45) is 0 Å². The Labute approximate surface area is 141 Å². The molecule has 1 amide bonds. The van der Waals surface area contributed by atoms with E-state index in [2.05, 4.69) is 10.2 Å². The number of nitrogens with zero attached hydrogens (tertiary/aromatic N) is 2. The summed E-state index contributed by atoms with van der Waals surface area (Å²) < 4.78 is 11.1. The number of methoxy groups -OCH3 is 1. The van der Waals surface area contributed by atoms with Crippen LogP contribution in [0.1, 0.15) is 34.6 Å². The number of aromatic amines is 1. The van der Waals surface area contributed by atoms with Crippen LogP contribution in [0.15, 0.2) is 30.3 Å². The van der Waals surface area contributed by atoms with Crippen LogP contribution in [-0.4, -0.2) is 47.4 Å². The molecule has 0 bridgehead atoms. The summed E-state index contributed by atoms with van der Waals surface area (Å²) in [5.41, 5.74) is 2.27. The van der Waals surface area contributed by atoms with Crippen LogP contribution < -0.4 is 4.74 Å². The van der Waals surface area contributed by atoms with Gasteiger partial charge in [-0.25, -0.2) is 0 Å². The van der Waals surface area contributed by atoms with Gasteiger partial charge in [0.15, 0.2) is 0 Å². The van der Waals surface area contributed by atoms with E-state index in [4.69, 9.17) is 9.47 Å². The maximum absolute atomic E-state index is 12.9. The van der Waals surface area contributed by atoms with Gasteiger partial charge in [0, 0.05) is 31.0 Å². The number of aromatic nitrogens is 2. The van der Waals surface area contributed by atoms with Gasteiger partial charge in [-0.3, -0.25) is 9.89 Å². The highest BCUT2D eigenvalue weighted by Gasteiger charge is 2.25. The number of aryl methyl sites for hydroxylation is 1. The van der Waals surface area contributed by atoms with E-state index in [1.807, 2.05) is 31.2 Å². The quantitative estimate of drug-likeness (QED) is 0.884. The predicted octanol–water partition coefficient (Wildman–Crippen LogP) is 2.55. The molecule has 1 aliphatic heterocycles. The van der Waals surface area contributed by atoms with Crippen molar-refractivity contribution in [2.75, 3.05) is 20.3 Å². The average Bonchev–Trinajstić information content (AvgIpc) is 3.25. The summed E-state index contributed by atoms with van der Waals surface area (Å²) in [5.74, 6) is 0.682. The fourth-order valence-electron chi connectivity index (χ4n) is 2.98. The minimum atomic E-state index is -0.0965. The van der Waals surface area contributed by atoms with Crippen LogP contribution in [0.3, 0.4) is 0 Å². The van der Waals surface area contributed by atoms with E-state index in [-0.39, 0.29) is 12.0 Å². The zero-order valence-corrected chi connectivity index (χ0v) is 14.1. The molecule has 1 saturated heterocycles. The molecule has 0 aliphatic carbocycles. The second kappa shape index (κ2) is 7.49. The van der Waals surface area contributed by atoms with Crippen LogP contribution in [0.5, 0.6) is 5.75 Å². The molecular formula is C18H23N3O3. The molecule has 128 valence electrons. The van der Waals surface area contributed by atoms with Gasteiger partial charge < -0.3 is 14.4 Å². The molecule has 1 aromatic heterocycles. The molecule has 6 nitrogen and oxygen atoms in total. The molecule has 0 saturated carbocycles. The lowest BCUT2D eigenvalue weighted by molar-refractivity contribution is 0.0501. The van der Waals surface area contributed by atoms with Gasteiger partial charge in [-0.1, -0.05) is 18.2 Å². The van der Waals surface area contributed by atoms with Crippen molar-refractivity contribution in [1.29, 1.82) is 0 Å². The van der Waals surface area contributed by atoms with Gasteiger partial charge in [-0.15, -0.1) is 0 Å². The number of carbonyl (C=O) groups excluding carboxylic acids is 1. The van der Waals surface area contributed by atoms with Gasteiger partial charge in [-0.2, -0.15) is 5.10 Å². The molecule has 1 N–H and O–H groups in total. The normalized spacial score (nSPS) is 17.0. The number of hydrogen-bond donors (Lipinski definition) is 1. The van der Waals surface area contributed by atoms with Crippen molar-refractivity contribution in [1.82, 2.24) is 15.1 Å². The smallest absolute Gasteiger partial charge is 0.274 e. The molecule has 0 radical (unpaired) electrons. The number of para-hydroxylation sites is 1. The van der Waals surface area contributed by atoms with Gasteiger partial charge in [0.2, 0.25) is 0 Å². The van der Waals surface area contributed by atoms with Crippen LogP contribution in [-0.2, 0) is 11.3 Å². The predicted molar refractivity (Wildman–Crippen MR) is 90.0 cm³/mol. The molecule has 2 heterocycles. The topological polar surface area (TPSA) is 67.5 Å². The number of rotatable bonds is 6. The molecule has 1 atom stereocenters. The highest BCUT2D eigenvalue weighted by atomic mass is 16.5. The third-order valence-electron chi connectivity index (χ3n) is 4.21. The van der Waals surface area contributed by atoms with Gasteiger partial charge in [0.05, 0.1) is 13.2 Å². The number of H-pyrrole nitrogens is 1. The first-order valence-corrected chi connectivity index (χ1v) is 8.22. The SMILES string of the molecule is COc1ccccc1CN(C[C@H]1CCCO1)C(=O)c1cc(C)[nH]n1. The van der Waals surface area contributed by atoms with Crippen LogP contribution in [0, 0.1) is 6.92 Å². The van der Waals surface area contributed by atoms with Crippen LogP contribution in [0.4, 0.5) is 0 Å². The fourth-order valence-corrected chi connectivity index (χ4v) is 2.98. The Morgan fingerprint density at radius 2 is 2.29 bits per heavy atom. The van der Waals surface area contributed by atoms with Gasteiger partial charge in [0.1, 0.15) is 11.4 Å². The lowest BCUT2D eigenvalue weighted by Crippen LogP contribution is -2.37. The van der Waals surface area contributed by atoms with Crippen LogP contribution >= 0.6 is 0 Å². The standard InChI is InChI=1S/C18H23N3O3/c1-13-10-16(20-19-13)18(22)21(12-15-7-5-9-24-15)11-14-6-3-4-8-17(14)23-2/h3-4,6,8,10,15H,5,7,9,11-12H2,1-2H3,(H,19,20)/t15-/m1/s1. The molecule has 1 aromatic carbocycles. The van der Waals surface area contributed by atoms with Gasteiger partial charge >= 0.3 is 0 Å². The number of nitrogens with one attached hydrogen (secondary N) is 1. The third kappa shape index (κ3) is 3.76. The summed E-state index contributed by atoms with van der Waals surface area (Å²) in [6.45, 7) is 3.68. The average molecular weight is 329 g/mol. The Hall–Kier alpha value is -2.34. The molecular weight excluding hydrogens is 306 g/mol. The van der Waals surface area contributed by atoms with Crippen molar-refractivity contribution < 1.29 is 14.3 Å². The van der Waals surface area contributed by atoms with E-state index < -0.39 is 0 Å². The lowest BCUT2D eigenvalue weighted by atomic mass is 10.1. The zero-order chi connectivity index (χ0) is 16.9. The number of hydrogen-bond acceptors (Lipinski definition) is 4. The molecule has 6 heteroatoms. The van der Waals surface area contributed by atoms with Crippen LogP contribution in [0.2, 0.25) is 0 Å². The minimum Gasteiger partial charge on any atom is -0.496 e. The van der Waals surface area contributed by atoms with Crippen molar-refractivity contribution in [3.05, 3.63) is 47.3 Å². The fraction of sp³-hybridized carbons (Fsp3) is 0.444. The lowest BCUT2D eigenvalue weighted by Gasteiger charge is -2.25. The zero-order valence-electron chi connectivity index (χ0n) is 14.1. The Morgan fingerprint density at radius 1 is 1.46 bits per heavy atom. The van der Waals surface area contributed by atoms with Gasteiger partial charge in [0.25, 0.3) is 5.91 Å². The molecule has 3 rings (SSSR count). The molecule has 0 spiro atoms. The number of amides is 1. The Kier molecular flexibility index (Phi) is 5.15.